The molecular formula is C27H35BN4O2. The molecule has 0 spiro atoms. The Bertz CT molecular complexity index is 1180. The summed E-state index contributed by atoms with van der Waals surface area (Å²) in [6.07, 6.45) is 4.23. The standard InChI is InChI=1S/C27H35BN4O2/c1-20-18-26-25(19-24(30(26)3)10-11-31-14-16-34-17-15-31)27(29-20)23-6-4-21(5-7-23)22-8-12-32(13-9-22)28(2)33/h4-8,18-19,33H,9-17H2,1-3H3. The maximum atomic E-state index is 9.81. The first kappa shape index (κ1) is 23.3. The number of fused-ring (bicyclic) bond motifs is 1. The molecule has 34 heavy (non-hydrogen) atoms. The van der Waals surface area contributed by atoms with Crippen molar-refractivity contribution in [3.05, 3.63) is 59.4 Å². The second kappa shape index (κ2) is 10.0. The summed E-state index contributed by atoms with van der Waals surface area (Å²) in [5, 5.41) is 11.0. The van der Waals surface area contributed by atoms with Gasteiger partial charge in [-0.25, -0.2) is 0 Å². The summed E-state index contributed by atoms with van der Waals surface area (Å²) in [5.74, 6) is 0. The summed E-state index contributed by atoms with van der Waals surface area (Å²) in [5.41, 5.74) is 8.48. The highest BCUT2D eigenvalue weighted by Crippen LogP contribution is 2.32. The molecule has 2 aromatic heterocycles. The van der Waals surface area contributed by atoms with Crippen molar-refractivity contribution in [3.63, 3.8) is 0 Å². The molecule has 7 heteroatoms. The number of nitrogens with zero attached hydrogens (tertiary/aromatic N) is 4. The fraction of sp³-hybridized carbons (Fsp3) is 0.444. The molecule has 0 amide bonds. The van der Waals surface area contributed by atoms with Crippen molar-refractivity contribution in [1.29, 1.82) is 0 Å². The van der Waals surface area contributed by atoms with Crippen LogP contribution in [0.3, 0.4) is 0 Å². The first-order chi connectivity index (χ1) is 16.5. The lowest BCUT2D eigenvalue weighted by Crippen LogP contribution is -2.39. The van der Waals surface area contributed by atoms with Crippen molar-refractivity contribution in [1.82, 2.24) is 19.3 Å². The van der Waals surface area contributed by atoms with Crippen molar-refractivity contribution in [3.8, 4) is 11.3 Å². The van der Waals surface area contributed by atoms with Crippen LogP contribution in [0.5, 0.6) is 0 Å². The number of aryl methyl sites for hydroxylation is 2. The maximum absolute atomic E-state index is 9.81. The Kier molecular flexibility index (Phi) is 6.88. The summed E-state index contributed by atoms with van der Waals surface area (Å²) in [6.45, 7) is 10.4. The van der Waals surface area contributed by atoms with Crippen LogP contribution < -0.4 is 0 Å². The van der Waals surface area contributed by atoms with Gasteiger partial charge in [0.1, 0.15) is 0 Å². The molecule has 0 radical (unpaired) electrons. The average Bonchev–Trinajstić information content (AvgIpc) is 3.18. The molecule has 0 atom stereocenters. The molecule has 2 aliphatic rings. The zero-order chi connectivity index (χ0) is 23.7. The van der Waals surface area contributed by atoms with Gasteiger partial charge in [-0.1, -0.05) is 30.3 Å². The van der Waals surface area contributed by atoms with Gasteiger partial charge in [-0.2, -0.15) is 0 Å². The van der Waals surface area contributed by atoms with Crippen LogP contribution in [0.25, 0.3) is 27.7 Å². The zero-order valence-electron chi connectivity index (χ0n) is 20.6. The lowest BCUT2D eigenvalue weighted by molar-refractivity contribution is 0.0383. The van der Waals surface area contributed by atoms with Crippen LogP contribution in [0.1, 0.15) is 23.4 Å². The Morgan fingerprint density at radius 3 is 2.47 bits per heavy atom. The van der Waals surface area contributed by atoms with Crippen LogP contribution in [0.2, 0.25) is 6.82 Å². The lowest BCUT2D eigenvalue weighted by atomic mass is 9.82. The number of morpholine rings is 1. The summed E-state index contributed by atoms with van der Waals surface area (Å²) >= 11 is 0. The average molecular weight is 458 g/mol. The number of pyridine rings is 1. The van der Waals surface area contributed by atoms with E-state index in [1.54, 1.807) is 0 Å². The number of aromatic nitrogens is 2. The Balaban J connectivity index is 1.39. The van der Waals surface area contributed by atoms with Gasteiger partial charge in [-0.3, -0.25) is 9.88 Å². The quantitative estimate of drug-likeness (QED) is 0.572. The van der Waals surface area contributed by atoms with E-state index in [1.807, 2.05) is 6.82 Å². The lowest BCUT2D eigenvalue weighted by Gasteiger charge is -2.27. The summed E-state index contributed by atoms with van der Waals surface area (Å²) < 4.78 is 7.83. The van der Waals surface area contributed by atoms with E-state index < -0.39 is 0 Å². The Morgan fingerprint density at radius 2 is 1.79 bits per heavy atom. The fourth-order valence-electron chi connectivity index (χ4n) is 5.19. The zero-order valence-corrected chi connectivity index (χ0v) is 20.6. The molecule has 1 N–H and O–H groups in total. The highest BCUT2D eigenvalue weighted by molar-refractivity contribution is 6.45. The number of hydrogen-bond acceptors (Lipinski definition) is 5. The van der Waals surface area contributed by atoms with E-state index in [0.717, 1.165) is 75.7 Å². The van der Waals surface area contributed by atoms with Crippen LogP contribution >= 0.6 is 0 Å². The molecule has 0 unspecified atom stereocenters. The van der Waals surface area contributed by atoms with Crippen molar-refractivity contribution in [2.24, 2.45) is 7.05 Å². The van der Waals surface area contributed by atoms with Gasteiger partial charge < -0.3 is 19.1 Å². The van der Waals surface area contributed by atoms with Crippen LogP contribution in [-0.4, -0.2) is 77.3 Å². The van der Waals surface area contributed by atoms with Gasteiger partial charge in [0.25, 0.3) is 0 Å². The van der Waals surface area contributed by atoms with Crippen LogP contribution in [0.15, 0.2) is 42.5 Å². The third kappa shape index (κ3) is 4.84. The Morgan fingerprint density at radius 1 is 1.06 bits per heavy atom. The number of ether oxygens (including phenoxy) is 1. The third-order valence-corrected chi connectivity index (χ3v) is 7.35. The molecule has 0 saturated carbocycles. The smallest absolute Gasteiger partial charge is 0.376 e. The second-order valence-electron chi connectivity index (χ2n) is 9.63. The highest BCUT2D eigenvalue weighted by Gasteiger charge is 2.20. The molecule has 1 aromatic carbocycles. The molecule has 1 saturated heterocycles. The Hall–Kier alpha value is -2.45. The molecule has 1 fully saturated rings. The number of benzene rings is 1. The normalized spacial score (nSPS) is 17.8. The Labute approximate surface area is 203 Å². The van der Waals surface area contributed by atoms with Gasteiger partial charge >= 0.3 is 7.05 Å². The highest BCUT2D eigenvalue weighted by atomic mass is 16.5. The topological polar surface area (TPSA) is 53.8 Å². The summed E-state index contributed by atoms with van der Waals surface area (Å²) in [4.78, 5) is 9.53. The molecule has 6 nitrogen and oxygen atoms in total. The van der Waals surface area contributed by atoms with Gasteiger partial charge in [0.05, 0.1) is 24.4 Å². The van der Waals surface area contributed by atoms with Gasteiger partial charge in [0.15, 0.2) is 0 Å². The molecule has 3 aromatic rings. The summed E-state index contributed by atoms with van der Waals surface area (Å²) in [7, 11) is 1.79. The summed E-state index contributed by atoms with van der Waals surface area (Å²) in [6, 6.07) is 13.4. The van der Waals surface area contributed by atoms with Gasteiger partial charge in [0, 0.05) is 62.0 Å². The largest absolute Gasteiger partial charge is 0.437 e. The minimum absolute atomic E-state index is 0.389. The number of hydrogen-bond donors (Lipinski definition) is 1. The van der Waals surface area contributed by atoms with Gasteiger partial charge in [0.2, 0.25) is 0 Å². The molecule has 5 rings (SSSR count). The van der Waals surface area contributed by atoms with Gasteiger partial charge in [-0.15, -0.1) is 0 Å². The molecule has 2 aliphatic heterocycles. The van der Waals surface area contributed by atoms with E-state index >= 15 is 0 Å². The molecule has 4 heterocycles. The van der Waals surface area contributed by atoms with Crippen molar-refractivity contribution < 1.29 is 9.76 Å². The molecular weight excluding hydrogens is 423 g/mol. The van der Waals surface area contributed by atoms with Crippen LogP contribution in [0.4, 0.5) is 0 Å². The second-order valence-corrected chi connectivity index (χ2v) is 9.63. The first-order valence-electron chi connectivity index (χ1n) is 12.5. The van der Waals surface area contributed by atoms with E-state index in [4.69, 9.17) is 9.72 Å². The van der Waals surface area contributed by atoms with E-state index in [2.05, 4.69) is 70.7 Å². The molecule has 0 bridgehead atoms. The maximum Gasteiger partial charge on any atom is 0.376 e. The van der Waals surface area contributed by atoms with Gasteiger partial charge in [-0.05, 0) is 50.0 Å². The molecule has 178 valence electrons. The SMILES string of the molecule is CB(O)N1CC=C(c2ccc(-c3nc(C)cc4c3cc(CCN3CCOCC3)n4C)cc2)CC1. The predicted molar refractivity (Wildman–Crippen MR) is 140 cm³/mol. The van der Waals surface area contributed by atoms with Crippen molar-refractivity contribution >= 4 is 23.5 Å². The van der Waals surface area contributed by atoms with Crippen LogP contribution in [-0.2, 0) is 18.2 Å². The predicted octanol–water partition coefficient (Wildman–Crippen LogP) is 3.62. The molecule has 0 aliphatic carbocycles. The van der Waals surface area contributed by atoms with E-state index in [-0.39, 0.29) is 7.05 Å². The monoisotopic (exact) mass is 458 g/mol. The minimum atomic E-state index is -0.389. The third-order valence-electron chi connectivity index (χ3n) is 7.35. The van der Waals surface area contributed by atoms with E-state index in [0.29, 0.717) is 0 Å². The fourth-order valence-corrected chi connectivity index (χ4v) is 5.19. The van der Waals surface area contributed by atoms with Crippen molar-refractivity contribution in [2.45, 2.75) is 26.6 Å². The van der Waals surface area contributed by atoms with Crippen molar-refractivity contribution in [2.75, 3.05) is 45.9 Å². The van der Waals surface area contributed by atoms with Crippen LogP contribution in [0, 0.1) is 6.92 Å². The van der Waals surface area contributed by atoms with E-state index in [1.165, 1.54) is 27.7 Å². The number of rotatable bonds is 6. The minimum Gasteiger partial charge on any atom is -0.437 e. The van der Waals surface area contributed by atoms with E-state index in [9.17, 15) is 5.02 Å². The first-order valence-corrected chi connectivity index (χ1v) is 12.5.